The van der Waals surface area contributed by atoms with E-state index in [1.807, 2.05) is 22.9 Å². The van der Waals surface area contributed by atoms with Crippen LogP contribution in [0.1, 0.15) is 6.92 Å². The van der Waals surface area contributed by atoms with E-state index >= 15 is 0 Å². The summed E-state index contributed by atoms with van der Waals surface area (Å²) in [5, 5.41) is 0. The van der Waals surface area contributed by atoms with Crippen molar-refractivity contribution in [3.05, 3.63) is 30.9 Å². The molecule has 0 aromatic carbocycles. The third-order valence-electron chi connectivity index (χ3n) is 2.11. The van der Waals surface area contributed by atoms with Crippen molar-refractivity contribution in [1.29, 1.82) is 0 Å². The minimum absolute atomic E-state index is 0.522. The molecule has 0 aliphatic carbocycles. The van der Waals surface area contributed by atoms with Crippen LogP contribution < -0.4 is 5.73 Å². The number of nitrogens with two attached hydrogens (primary N) is 1. The van der Waals surface area contributed by atoms with E-state index in [-0.39, 0.29) is 0 Å². The lowest BCUT2D eigenvalue weighted by Gasteiger charge is -1.99. The summed E-state index contributed by atoms with van der Waals surface area (Å²) >= 11 is 0. The van der Waals surface area contributed by atoms with E-state index < -0.39 is 0 Å². The maximum Gasteiger partial charge on any atom is 0.132 e. The van der Waals surface area contributed by atoms with Crippen LogP contribution in [0.5, 0.6) is 0 Å². The quantitative estimate of drug-likeness (QED) is 0.777. The van der Waals surface area contributed by atoms with Gasteiger partial charge in [-0.05, 0) is 19.1 Å². The van der Waals surface area contributed by atoms with E-state index in [2.05, 4.69) is 16.9 Å². The van der Waals surface area contributed by atoms with Gasteiger partial charge in [0.05, 0.1) is 12.0 Å². The van der Waals surface area contributed by atoms with Crippen molar-refractivity contribution in [3.8, 4) is 11.3 Å². The number of hydrogen-bond donors (Lipinski definition) is 1. The monoisotopic (exact) mass is 188 g/mol. The molecule has 14 heavy (non-hydrogen) atoms. The van der Waals surface area contributed by atoms with Crippen LogP contribution in [0.25, 0.3) is 11.3 Å². The molecule has 0 saturated carbocycles. The third kappa shape index (κ3) is 1.46. The zero-order chi connectivity index (χ0) is 9.97. The first kappa shape index (κ1) is 8.74. The zero-order valence-electron chi connectivity index (χ0n) is 8.01. The minimum Gasteiger partial charge on any atom is -0.383 e. The number of anilines is 1. The number of nitrogens with zero attached hydrogens (tertiary/aromatic N) is 3. The molecule has 2 aromatic heterocycles. The van der Waals surface area contributed by atoms with Gasteiger partial charge in [0.1, 0.15) is 5.82 Å². The van der Waals surface area contributed by atoms with Crippen molar-refractivity contribution in [3.63, 3.8) is 0 Å². The third-order valence-corrected chi connectivity index (χ3v) is 2.11. The first-order valence-corrected chi connectivity index (χ1v) is 4.54. The molecule has 0 spiro atoms. The van der Waals surface area contributed by atoms with Crippen molar-refractivity contribution >= 4 is 5.82 Å². The van der Waals surface area contributed by atoms with Gasteiger partial charge in [0, 0.05) is 24.5 Å². The number of pyridine rings is 1. The van der Waals surface area contributed by atoms with E-state index in [0.29, 0.717) is 5.82 Å². The molecule has 4 nitrogen and oxygen atoms in total. The molecule has 0 radical (unpaired) electrons. The van der Waals surface area contributed by atoms with Gasteiger partial charge < -0.3 is 10.3 Å². The molecule has 4 heteroatoms. The number of rotatable bonds is 2. The van der Waals surface area contributed by atoms with Gasteiger partial charge in [0.2, 0.25) is 0 Å². The lowest BCUT2D eigenvalue weighted by molar-refractivity contribution is 0.762. The number of aryl methyl sites for hydroxylation is 1. The largest absolute Gasteiger partial charge is 0.383 e. The summed E-state index contributed by atoms with van der Waals surface area (Å²) in [5.41, 5.74) is 7.50. The Balaban J connectivity index is 2.44. The summed E-state index contributed by atoms with van der Waals surface area (Å²) in [4.78, 5) is 8.28. The average Bonchev–Trinajstić information content (AvgIpc) is 2.67. The Bertz CT molecular complexity index is 433. The van der Waals surface area contributed by atoms with Crippen LogP contribution in [0.15, 0.2) is 30.9 Å². The lowest BCUT2D eigenvalue weighted by Crippen LogP contribution is -1.93. The maximum absolute atomic E-state index is 5.74. The van der Waals surface area contributed by atoms with Gasteiger partial charge in [-0.25, -0.2) is 9.97 Å². The average molecular weight is 188 g/mol. The molecule has 0 bridgehead atoms. The Morgan fingerprint density at radius 2 is 2.29 bits per heavy atom. The summed E-state index contributed by atoms with van der Waals surface area (Å²) in [6, 6.07) is 3.78. The van der Waals surface area contributed by atoms with Crippen LogP contribution in [0.2, 0.25) is 0 Å². The summed E-state index contributed by atoms with van der Waals surface area (Å²) < 4.78 is 2.00. The van der Waals surface area contributed by atoms with Crippen LogP contribution >= 0.6 is 0 Å². The molecule has 0 fully saturated rings. The van der Waals surface area contributed by atoms with Crippen molar-refractivity contribution in [2.45, 2.75) is 13.5 Å². The number of imidazole rings is 1. The fraction of sp³-hybridized carbons (Fsp3) is 0.200. The molecular weight excluding hydrogens is 176 g/mol. The summed E-state index contributed by atoms with van der Waals surface area (Å²) in [5.74, 6) is 0.522. The SMILES string of the molecule is CCn1cnc(-c2cccnc2N)c1. The second-order valence-corrected chi connectivity index (χ2v) is 3.03. The van der Waals surface area contributed by atoms with Crippen LogP contribution in [0.3, 0.4) is 0 Å². The molecule has 0 atom stereocenters. The van der Waals surface area contributed by atoms with Gasteiger partial charge in [-0.1, -0.05) is 0 Å². The highest BCUT2D eigenvalue weighted by Crippen LogP contribution is 2.21. The summed E-state index contributed by atoms with van der Waals surface area (Å²) in [6.07, 6.45) is 5.44. The van der Waals surface area contributed by atoms with Gasteiger partial charge in [-0.3, -0.25) is 0 Å². The number of hydrogen-bond acceptors (Lipinski definition) is 3. The molecule has 2 aromatic rings. The van der Waals surface area contributed by atoms with Gasteiger partial charge in [0.25, 0.3) is 0 Å². The normalized spacial score (nSPS) is 10.4. The molecule has 0 unspecified atom stereocenters. The smallest absolute Gasteiger partial charge is 0.132 e. The van der Waals surface area contributed by atoms with E-state index in [0.717, 1.165) is 17.8 Å². The Hall–Kier alpha value is -1.84. The summed E-state index contributed by atoms with van der Waals surface area (Å²) in [6.45, 7) is 2.98. The Labute approximate surface area is 82.4 Å². The van der Waals surface area contributed by atoms with Crippen LogP contribution in [-0.2, 0) is 6.54 Å². The van der Waals surface area contributed by atoms with E-state index in [1.54, 1.807) is 12.5 Å². The zero-order valence-corrected chi connectivity index (χ0v) is 8.01. The molecule has 0 saturated heterocycles. The van der Waals surface area contributed by atoms with Crippen molar-refractivity contribution in [1.82, 2.24) is 14.5 Å². The maximum atomic E-state index is 5.74. The molecule has 0 aliphatic rings. The number of aromatic nitrogens is 3. The second-order valence-electron chi connectivity index (χ2n) is 3.03. The molecule has 0 amide bonds. The molecular formula is C10H12N4. The fourth-order valence-corrected chi connectivity index (χ4v) is 1.31. The Kier molecular flexibility index (Phi) is 2.18. The lowest BCUT2D eigenvalue weighted by atomic mass is 10.2. The van der Waals surface area contributed by atoms with E-state index in [9.17, 15) is 0 Å². The van der Waals surface area contributed by atoms with Crippen molar-refractivity contribution < 1.29 is 0 Å². The summed E-state index contributed by atoms with van der Waals surface area (Å²) in [7, 11) is 0. The van der Waals surface area contributed by atoms with Gasteiger partial charge in [-0.2, -0.15) is 0 Å². The topological polar surface area (TPSA) is 56.7 Å². The fourth-order valence-electron chi connectivity index (χ4n) is 1.31. The van der Waals surface area contributed by atoms with Crippen LogP contribution in [0, 0.1) is 0 Å². The highest BCUT2D eigenvalue weighted by atomic mass is 15.0. The van der Waals surface area contributed by atoms with Crippen LogP contribution in [-0.4, -0.2) is 14.5 Å². The van der Waals surface area contributed by atoms with E-state index in [1.165, 1.54) is 0 Å². The Morgan fingerprint density at radius 1 is 1.43 bits per heavy atom. The predicted octanol–water partition coefficient (Wildman–Crippen LogP) is 1.55. The minimum atomic E-state index is 0.522. The van der Waals surface area contributed by atoms with E-state index in [4.69, 9.17) is 5.73 Å². The highest BCUT2D eigenvalue weighted by Gasteiger charge is 2.05. The molecule has 2 N–H and O–H groups in total. The van der Waals surface area contributed by atoms with Gasteiger partial charge in [-0.15, -0.1) is 0 Å². The molecule has 2 heterocycles. The molecule has 0 aliphatic heterocycles. The first-order chi connectivity index (χ1) is 6.81. The number of nitrogen functional groups attached to an aromatic ring is 1. The predicted molar refractivity (Wildman–Crippen MR) is 55.5 cm³/mol. The second kappa shape index (κ2) is 3.49. The first-order valence-electron chi connectivity index (χ1n) is 4.54. The molecule has 72 valence electrons. The van der Waals surface area contributed by atoms with Crippen molar-refractivity contribution in [2.24, 2.45) is 0 Å². The van der Waals surface area contributed by atoms with Crippen molar-refractivity contribution in [2.75, 3.05) is 5.73 Å². The Morgan fingerprint density at radius 3 is 2.93 bits per heavy atom. The molecule has 2 rings (SSSR count). The standard InChI is InChI=1S/C10H12N4/c1-2-14-6-9(13-7-14)8-4-3-5-12-10(8)11/h3-7H,2H2,1H3,(H2,11,12). The van der Waals surface area contributed by atoms with Gasteiger partial charge in [0.15, 0.2) is 0 Å². The van der Waals surface area contributed by atoms with Gasteiger partial charge >= 0.3 is 0 Å². The highest BCUT2D eigenvalue weighted by molar-refractivity contribution is 5.69. The van der Waals surface area contributed by atoms with Crippen LogP contribution in [0.4, 0.5) is 5.82 Å².